The molecule has 0 aliphatic carbocycles. The molecule has 1 aromatic rings. The third kappa shape index (κ3) is 3.00. The van der Waals surface area contributed by atoms with Crippen molar-refractivity contribution >= 4 is 6.09 Å². The Hall–Kier alpha value is -1.59. The van der Waals surface area contributed by atoms with Crippen molar-refractivity contribution in [3.05, 3.63) is 35.9 Å². The topological polar surface area (TPSA) is 78.6 Å². The standard InChI is InChI=1S/C13H19N3O2/c14-11-8-15-7-6-12(11)16(13(17)18)9-10-4-2-1-3-5-10/h1-5,11-12,15H,6-9,14H2,(H,17,18). The summed E-state index contributed by atoms with van der Waals surface area (Å²) in [6.45, 7) is 1.88. The first-order chi connectivity index (χ1) is 8.68. The van der Waals surface area contributed by atoms with Gasteiger partial charge >= 0.3 is 6.09 Å². The molecule has 1 aliphatic rings. The highest BCUT2D eigenvalue weighted by molar-refractivity contribution is 5.65. The number of hydrogen-bond donors (Lipinski definition) is 3. The van der Waals surface area contributed by atoms with Crippen molar-refractivity contribution in [3.8, 4) is 0 Å². The van der Waals surface area contributed by atoms with Crippen molar-refractivity contribution in [2.24, 2.45) is 5.73 Å². The minimum atomic E-state index is -0.902. The van der Waals surface area contributed by atoms with Crippen LogP contribution in [0.4, 0.5) is 4.79 Å². The zero-order valence-electron chi connectivity index (χ0n) is 10.2. The van der Waals surface area contributed by atoms with Crippen LogP contribution >= 0.6 is 0 Å². The Morgan fingerprint density at radius 3 is 2.78 bits per heavy atom. The molecule has 4 N–H and O–H groups in total. The second-order valence-electron chi connectivity index (χ2n) is 4.62. The largest absolute Gasteiger partial charge is 0.465 e. The van der Waals surface area contributed by atoms with Gasteiger partial charge in [-0.3, -0.25) is 4.90 Å². The van der Waals surface area contributed by atoms with Crippen LogP contribution in [0.5, 0.6) is 0 Å². The molecule has 2 unspecified atom stereocenters. The number of nitrogens with one attached hydrogen (secondary N) is 1. The molecule has 0 saturated carbocycles. The number of piperidine rings is 1. The van der Waals surface area contributed by atoms with Gasteiger partial charge in [-0.1, -0.05) is 30.3 Å². The van der Waals surface area contributed by atoms with Gasteiger partial charge in [-0.2, -0.15) is 0 Å². The number of amides is 1. The maximum Gasteiger partial charge on any atom is 0.407 e. The van der Waals surface area contributed by atoms with E-state index < -0.39 is 6.09 Å². The molecule has 0 aromatic heterocycles. The van der Waals surface area contributed by atoms with E-state index in [0.717, 1.165) is 18.5 Å². The molecule has 1 heterocycles. The predicted octanol–water partition coefficient (Wildman–Crippen LogP) is 0.856. The number of carbonyl (C=O) groups is 1. The smallest absolute Gasteiger partial charge is 0.407 e. The van der Waals surface area contributed by atoms with Crippen molar-refractivity contribution in [3.63, 3.8) is 0 Å². The first-order valence-corrected chi connectivity index (χ1v) is 6.18. The van der Waals surface area contributed by atoms with Gasteiger partial charge in [0.25, 0.3) is 0 Å². The fraction of sp³-hybridized carbons (Fsp3) is 0.462. The highest BCUT2D eigenvalue weighted by Gasteiger charge is 2.30. The van der Waals surface area contributed by atoms with Gasteiger partial charge in [-0.25, -0.2) is 4.79 Å². The molecule has 5 heteroatoms. The average molecular weight is 249 g/mol. The maximum atomic E-state index is 11.4. The van der Waals surface area contributed by atoms with Crippen LogP contribution in [0.1, 0.15) is 12.0 Å². The molecule has 2 atom stereocenters. The predicted molar refractivity (Wildman–Crippen MR) is 69.3 cm³/mol. The molecule has 0 bridgehead atoms. The summed E-state index contributed by atoms with van der Waals surface area (Å²) in [5, 5.41) is 12.5. The fourth-order valence-electron chi connectivity index (χ4n) is 2.36. The van der Waals surface area contributed by atoms with Crippen molar-refractivity contribution in [2.45, 2.75) is 25.0 Å². The molecule has 18 heavy (non-hydrogen) atoms. The molecule has 5 nitrogen and oxygen atoms in total. The van der Waals surface area contributed by atoms with E-state index in [4.69, 9.17) is 5.73 Å². The van der Waals surface area contributed by atoms with E-state index in [9.17, 15) is 9.90 Å². The van der Waals surface area contributed by atoms with E-state index in [-0.39, 0.29) is 12.1 Å². The quantitative estimate of drug-likeness (QED) is 0.742. The van der Waals surface area contributed by atoms with Gasteiger partial charge in [0, 0.05) is 19.1 Å². The van der Waals surface area contributed by atoms with E-state index in [1.807, 2.05) is 30.3 Å². The van der Waals surface area contributed by atoms with E-state index in [2.05, 4.69) is 5.32 Å². The number of rotatable bonds is 3. The Balaban J connectivity index is 2.10. The lowest BCUT2D eigenvalue weighted by atomic mass is 9.99. The molecule has 1 amide bonds. The van der Waals surface area contributed by atoms with Gasteiger partial charge < -0.3 is 16.2 Å². The summed E-state index contributed by atoms with van der Waals surface area (Å²) in [6.07, 6.45) is -0.137. The van der Waals surface area contributed by atoms with Gasteiger partial charge in [-0.15, -0.1) is 0 Å². The van der Waals surface area contributed by atoms with Crippen LogP contribution in [0.15, 0.2) is 30.3 Å². The molecular formula is C13H19N3O2. The molecular weight excluding hydrogens is 230 g/mol. The molecule has 1 saturated heterocycles. The van der Waals surface area contributed by atoms with E-state index in [0.29, 0.717) is 13.1 Å². The molecule has 0 spiro atoms. The van der Waals surface area contributed by atoms with Crippen molar-refractivity contribution in [1.29, 1.82) is 0 Å². The third-order valence-electron chi connectivity index (χ3n) is 3.33. The molecule has 2 rings (SSSR count). The number of nitrogens with two attached hydrogens (primary N) is 1. The molecule has 1 aromatic carbocycles. The summed E-state index contributed by atoms with van der Waals surface area (Å²) in [7, 11) is 0. The lowest BCUT2D eigenvalue weighted by molar-refractivity contribution is 0.102. The summed E-state index contributed by atoms with van der Waals surface area (Å²) in [6, 6.07) is 9.37. The van der Waals surface area contributed by atoms with Crippen LogP contribution in [0.3, 0.4) is 0 Å². The Morgan fingerprint density at radius 1 is 1.44 bits per heavy atom. The van der Waals surface area contributed by atoms with Crippen LogP contribution in [-0.2, 0) is 6.54 Å². The second-order valence-corrected chi connectivity index (χ2v) is 4.62. The van der Waals surface area contributed by atoms with Gasteiger partial charge in [-0.05, 0) is 18.5 Å². The monoisotopic (exact) mass is 249 g/mol. The minimum absolute atomic E-state index is 0.107. The molecule has 0 radical (unpaired) electrons. The summed E-state index contributed by atoms with van der Waals surface area (Å²) in [5.41, 5.74) is 7.00. The average Bonchev–Trinajstić information content (AvgIpc) is 2.38. The van der Waals surface area contributed by atoms with E-state index >= 15 is 0 Å². The Labute approximate surface area is 107 Å². The van der Waals surface area contributed by atoms with Crippen molar-refractivity contribution in [2.75, 3.05) is 13.1 Å². The van der Waals surface area contributed by atoms with E-state index in [1.54, 1.807) is 0 Å². The number of nitrogens with zero attached hydrogens (tertiary/aromatic N) is 1. The highest BCUT2D eigenvalue weighted by atomic mass is 16.4. The first-order valence-electron chi connectivity index (χ1n) is 6.18. The van der Waals surface area contributed by atoms with Crippen LogP contribution in [-0.4, -0.2) is 41.3 Å². The normalized spacial score (nSPS) is 23.6. The number of hydrogen-bond acceptors (Lipinski definition) is 3. The fourth-order valence-corrected chi connectivity index (χ4v) is 2.36. The van der Waals surface area contributed by atoms with Gasteiger partial charge in [0.05, 0.1) is 6.04 Å². The first kappa shape index (κ1) is 12.9. The number of carboxylic acid groups (broad SMARTS) is 1. The van der Waals surface area contributed by atoms with Gasteiger partial charge in [0.15, 0.2) is 0 Å². The van der Waals surface area contributed by atoms with Crippen LogP contribution in [0, 0.1) is 0 Å². The molecule has 1 aliphatic heterocycles. The summed E-state index contributed by atoms with van der Waals surface area (Å²) < 4.78 is 0. The third-order valence-corrected chi connectivity index (χ3v) is 3.33. The van der Waals surface area contributed by atoms with Crippen LogP contribution in [0.25, 0.3) is 0 Å². The van der Waals surface area contributed by atoms with E-state index in [1.165, 1.54) is 4.90 Å². The second kappa shape index (κ2) is 5.84. The zero-order chi connectivity index (χ0) is 13.0. The summed E-state index contributed by atoms with van der Waals surface area (Å²) >= 11 is 0. The van der Waals surface area contributed by atoms with Crippen molar-refractivity contribution in [1.82, 2.24) is 10.2 Å². The van der Waals surface area contributed by atoms with Crippen LogP contribution < -0.4 is 11.1 Å². The maximum absolute atomic E-state index is 11.4. The molecule has 1 fully saturated rings. The minimum Gasteiger partial charge on any atom is -0.465 e. The SMILES string of the molecule is NC1CNCCC1N(Cc1ccccc1)C(=O)O. The highest BCUT2D eigenvalue weighted by Crippen LogP contribution is 2.15. The summed E-state index contributed by atoms with van der Waals surface area (Å²) in [5.74, 6) is 0. The Kier molecular flexibility index (Phi) is 4.17. The molecule has 98 valence electrons. The van der Waals surface area contributed by atoms with Crippen molar-refractivity contribution < 1.29 is 9.90 Å². The Bertz CT molecular complexity index is 396. The van der Waals surface area contributed by atoms with Crippen LogP contribution in [0.2, 0.25) is 0 Å². The van der Waals surface area contributed by atoms with Gasteiger partial charge in [0.1, 0.15) is 0 Å². The summed E-state index contributed by atoms with van der Waals surface area (Å²) in [4.78, 5) is 12.9. The lowest BCUT2D eigenvalue weighted by Crippen LogP contribution is -2.57. The zero-order valence-corrected chi connectivity index (χ0v) is 10.2. The van der Waals surface area contributed by atoms with Gasteiger partial charge in [0.2, 0.25) is 0 Å². The lowest BCUT2D eigenvalue weighted by Gasteiger charge is -2.37. The number of benzene rings is 1. The Morgan fingerprint density at radius 2 is 2.17 bits per heavy atom.